The van der Waals surface area contributed by atoms with Crippen molar-refractivity contribution in [1.82, 2.24) is 5.32 Å². The van der Waals surface area contributed by atoms with Crippen LogP contribution in [0.5, 0.6) is 0 Å². The number of nitrogens with one attached hydrogen (secondary N) is 1. The van der Waals surface area contributed by atoms with Crippen molar-refractivity contribution >= 4 is 28.7 Å². The van der Waals surface area contributed by atoms with Gasteiger partial charge < -0.3 is 11.1 Å². The minimum absolute atomic E-state index is 0.148. The van der Waals surface area contributed by atoms with Crippen molar-refractivity contribution in [2.45, 2.75) is 43.4 Å². The molecule has 2 bridgehead atoms. The Labute approximate surface area is 145 Å². The molecule has 1 aromatic carbocycles. The van der Waals surface area contributed by atoms with Crippen LogP contribution in [0.3, 0.4) is 0 Å². The van der Waals surface area contributed by atoms with Crippen molar-refractivity contribution in [2.75, 3.05) is 0 Å². The maximum absolute atomic E-state index is 12.5. The molecule has 4 rings (SSSR count). The number of nitrogens with two attached hydrogens (primary N) is 1. The van der Waals surface area contributed by atoms with Crippen LogP contribution in [0.25, 0.3) is 0 Å². The van der Waals surface area contributed by atoms with Crippen molar-refractivity contribution in [3.05, 3.63) is 35.4 Å². The molecule has 3 aliphatic rings. The van der Waals surface area contributed by atoms with E-state index >= 15 is 0 Å². The van der Waals surface area contributed by atoms with Crippen LogP contribution in [-0.2, 0) is 9.54 Å². The predicted molar refractivity (Wildman–Crippen MR) is 94.7 cm³/mol. The first-order valence-electron chi connectivity index (χ1n) is 8.45. The Kier molecular flexibility index (Phi) is 3.67. The van der Waals surface area contributed by atoms with Gasteiger partial charge in [-0.3, -0.25) is 9.59 Å². The zero-order valence-electron chi connectivity index (χ0n) is 13.6. The molecule has 24 heavy (non-hydrogen) atoms. The second-order valence-corrected chi connectivity index (χ2v) is 8.63. The summed E-state index contributed by atoms with van der Waals surface area (Å²) in [6.07, 6.45) is 5.16. The number of fused-ring (bicyclic) bond motifs is 2. The molecule has 0 saturated heterocycles. The molecule has 4 atom stereocenters. The van der Waals surface area contributed by atoms with Crippen LogP contribution < -0.4 is 11.1 Å². The van der Waals surface area contributed by atoms with Gasteiger partial charge in [0.25, 0.3) is 5.91 Å². The number of hydrogen-bond acceptors (Lipinski definition) is 4. The summed E-state index contributed by atoms with van der Waals surface area (Å²) in [7, 11) is 0. The van der Waals surface area contributed by atoms with Gasteiger partial charge in [0.2, 0.25) is 5.91 Å². The van der Waals surface area contributed by atoms with Crippen molar-refractivity contribution in [1.29, 1.82) is 0 Å². The van der Waals surface area contributed by atoms with Crippen LogP contribution in [-0.4, -0.2) is 23.0 Å². The number of primary amides is 1. The molecule has 0 spiro atoms. The fourth-order valence-corrected chi connectivity index (χ4v) is 5.35. The Hall–Kier alpha value is -1.82. The Morgan fingerprint density at radius 2 is 2.04 bits per heavy atom. The average molecular weight is 343 g/mol. The van der Waals surface area contributed by atoms with Crippen LogP contribution in [0.4, 0.5) is 0 Å². The highest BCUT2D eigenvalue weighted by molar-refractivity contribution is 8.15. The standard InChI is InChI=1S/C18H21N3O2S/c1-18(13-6-4-11(5-7-13)15(19)22)16(23)21-17(24-18)20-14-9-10-2-3-12(14)8-10/h4-7,10,12,14H,2-3,8-9H2,1H3,(H2,19,22)(H,20,21,23)/t10?,12-,14?,18?/m0/s1. The number of carbonyl (C=O) groups excluding carboxylic acids is 2. The number of nitrogens with zero attached hydrogens (tertiary/aromatic N) is 1. The number of amides is 2. The first-order valence-corrected chi connectivity index (χ1v) is 9.26. The number of hydrogen-bond donors (Lipinski definition) is 2. The van der Waals surface area contributed by atoms with Crippen molar-refractivity contribution in [3.8, 4) is 0 Å². The summed E-state index contributed by atoms with van der Waals surface area (Å²) < 4.78 is -0.740. The van der Waals surface area contributed by atoms with Gasteiger partial charge in [-0.25, -0.2) is 0 Å². The van der Waals surface area contributed by atoms with Crippen LogP contribution in [0.2, 0.25) is 0 Å². The van der Waals surface area contributed by atoms with Gasteiger partial charge in [0.15, 0.2) is 5.17 Å². The second-order valence-electron chi connectivity index (χ2n) is 7.22. The van der Waals surface area contributed by atoms with Crippen molar-refractivity contribution in [2.24, 2.45) is 22.6 Å². The summed E-state index contributed by atoms with van der Waals surface area (Å²) in [4.78, 5) is 28.0. The van der Waals surface area contributed by atoms with Gasteiger partial charge in [-0.05, 0) is 55.7 Å². The molecule has 6 heteroatoms. The van der Waals surface area contributed by atoms with E-state index in [1.165, 1.54) is 37.4 Å². The summed E-state index contributed by atoms with van der Waals surface area (Å²) >= 11 is 1.48. The lowest BCUT2D eigenvalue weighted by Gasteiger charge is -2.25. The van der Waals surface area contributed by atoms with Crippen LogP contribution in [0, 0.1) is 11.8 Å². The maximum Gasteiger partial charge on any atom is 0.268 e. The van der Waals surface area contributed by atoms with E-state index < -0.39 is 10.7 Å². The molecule has 1 aliphatic heterocycles. The van der Waals surface area contributed by atoms with E-state index in [-0.39, 0.29) is 5.91 Å². The lowest BCUT2D eigenvalue weighted by molar-refractivity contribution is -0.119. The predicted octanol–water partition coefficient (Wildman–Crippen LogP) is 2.41. The topological polar surface area (TPSA) is 84.6 Å². The summed E-state index contributed by atoms with van der Waals surface area (Å²) in [5, 5.41) is 4.25. The molecule has 0 aromatic heterocycles. The summed E-state index contributed by atoms with van der Waals surface area (Å²) in [6.45, 7) is 1.89. The summed E-state index contributed by atoms with van der Waals surface area (Å²) in [6, 6.07) is 7.38. The van der Waals surface area contributed by atoms with Gasteiger partial charge in [0, 0.05) is 11.6 Å². The number of aliphatic imine (C=N–C) groups is 1. The van der Waals surface area contributed by atoms with E-state index in [1.807, 2.05) is 6.92 Å². The minimum atomic E-state index is -0.740. The molecule has 5 nitrogen and oxygen atoms in total. The number of amidine groups is 1. The van der Waals surface area contributed by atoms with Gasteiger partial charge in [-0.1, -0.05) is 30.3 Å². The number of carbonyl (C=O) groups is 2. The first-order chi connectivity index (χ1) is 11.5. The van der Waals surface area contributed by atoms with Crippen LogP contribution >= 0.6 is 11.8 Å². The van der Waals surface area contributed by atoms with Gasteiger partial charge in [-0.15, -0.1) is 0 Å². The van der Waals surface area contributed by atoms with E-state index in [2.05, 4.69) is 10.3 Å². The minimum Gasteiger partial charge on any atom is -0.366 e. The number of benzene rings is 1. The number of rotatable bonds is 3. The quantitative estimate of drug-likeness (QED) is 0.883. The summed E-state index contributed by atoms with van der Waals surface area (Å²) in [5.74, 6) is 0.968. The lowest BCUT2D eigenvalue weighted by Crippen LogP contribution is -2.37. The van der Waals surface area contributed by atoms with E-state index in [4.69, 9.17) is 5.73 Å². The Bertz CT molecular complexity index is 730. The second kappa shape index (κ2) is 5.62. The molecule has 1 heterocycles. The Morgan fingerprint density at radius 1 is 1.29 bits per heavy atom. The molecule has 1 aromatic rings. The fourth-order valence-electron chi connectivity index (χ4n) is 4.24. The molecule has 2 amide bonds. The molecule has 126 valence electrons. The third kappa shape index (κ3) is 2.53. The van der Waals surface area contributed by atoms with Gasteiger partial charge in [0.05, 0.1) is 0 Å². The third-order valence-corrected chi connectivity index (χ3v) is 6.90. The molecular formula is C18H21N3O2S. The van der Waals surface area contributed by atoms with E-state index in [0.717, 1.165) is 22.6 Å². The molecule has 0 radical (unpaired) electrons. The molecule has 2 fully saturated rings. The monoisotopic (exact) mass is 343 g/mol. The van der Waals surface area contributed by atoms with E-state index in [9.17, 15) is 9.59 Å². The molecule has 2 saturated carbocycles. The smallest absolute Gasteiger partial charge is 0.268 e. The zero-order valence-corrected chi connectivity index (χ0v) is 14.4. The van der Waals surface area contributed by atoms with Crippen molar-refractivity contribution in [3.63, 3.8) is 0 Å². The Morgan fingerprint density at radius 3 is 2.62 bits per heavy atom. The highest BCUT2D eigenvalue weighted by Crippen LogP contribution is 2.46. The average Bonchev–Trinajstić information content (AvgIpc) is 3.24. The zero-order chi connectivity index (χ0) is 16.9. The van der Waals surface area contributed by atoms with Crippen molar-refractivity contribution < 1.29 is 9.59 Å². The van der Waals surface area contributed by atoms with Gasteiger partial charge in [0.1, 0.15) is 4.75 Å². The van der Waals surface area contributed by atoms with Gasteiger partial charge >= 0.3 is 0 Å². The molecular weight excluding hydrogens is 322 g/mol. The van der Waals surface area contributed by atoms with Crippen LogP contribution in [0.15, 0.2) is 29.3 Å². The Balaban J connectivity index is 1.49. The summed E-state index contributed by atoms with van der Waals surface area (Å²) in [5.41, 5.74) is 6.56. The van der Waals surface area contributed by atoms with E-state index in [1.54, 1.807) is 24.3 Å². The lowest BCUT2D eigenvalue weighted by atomic mass is 9.96. The third-order valence-electron chi connectivity index (χ3n) is 5.68. The molecule has 3 N–H and O–H groups in total. The van der Waals surface area contributed by atoms with Crippen LogP contribution in [0.1, 0.15) is 48.5 Å². The van der Waals surface area contributed by atoms with Gasteiger partial charge in [-0.2, -0.15) is 4.99 Å². The normalized spacial score (nSPS) is 34.5. The fraction of sp³-hybridized carbons (Fsp3) is 0.500. The molecule has 2 aliphatic carbocycles. The maximum atomic E-state index is 12.5. The highest BCUT2D eigenvalue weighted by Gasteiger charge is 2.45. The molecule has 3 unspecified atom stereocenters. The largest absolute Gasteiger partial charge is 0.366 e. The first kappa shape index (κ1) is 15.7. The highest BCUT2D eigenvalue weighted by atomic mass is 32.2. The SMILES string of the molecule is CC1(c2ccc(C(N)=O)cc2)SC(NC2CC3CC[C@H]2C3)=NC1=O. The number of thioether (sulfide) groups is 1. The van der Waals surface area contributed by atoms with E-state index in [0.29, 0.717) is 11.6 Å².